The molecule has 0 radical (unpaired) electrons. The summed E-state index contributed by atoms with van der Waals surface area (Å²) in [7, 11) is 0. The summed E-state index contributed by atoms with van der Waals surface area (Å²) < 4.78 is 0. The van der Waals surface area contributed by atoms with Crippen molar-refractivity contribution in [3.8, 4) is 0 Å². The molecule has 0 aromatic heterocycles. The van der Waals surface area contributed by atoms with Crippen LogP contribution in [-0.2, 0) is 4.79 Å². The predicted molar refractivity (Wildman–Crippen MR) is 66.6 cm³/mol. The lowest BCUT2D eigenvalue weighted by Crippen LogP contribution is -2.37. The number of hydrogen-bond acceptors (Lipinski definition) is 3. The van der Waals surface area contributed by atoms with Crippen molar-refractivity contribution in [3.05, 3.63) is 0 Å². The van der Waals surface area contributed by atoms with Crippen molar-refractivity contribution in [3.63, 3.8) is 0 Å². The molecular weight excluding hydrogens is 210 g/mol. The molecule has 0 saturated heterocycles. The monoisotopic (exact) mass is 233 g/mol. The second kappa shape index (κ2) is 10.3. The standard InChI is InChI=1S/C11H23NO2S/c1-3-7-10(11(13)14)12-8-5-4-6-9-15-2/h10,12H,3-9H2,1-2H3,(H,13,14). The van der Waals surface area contributed by atoms with E-state index >= 15 is 0 Å². The van der Waals surface area contributed by atoms with Crippen molar-refractivity contribution in [1.29, 1.82) is 0 Å². The Labute approximate surface area is 97.0 Å². The fourth-order valence-corrected chi connectivity index (χ4v) is 1.92. The van der Waals surface area contributed by atoms with Crippen LogP contribution in [0.3, 0.4) is 0 Å². The Morgan fingerprint density at radius 2 is 2.13 bits per heavy atom. The Bertz CT molecular complexity index is 165. The first kappa shape index (κ1) is 14.8. The van der Waals surface area contributed by atoms with Gasteiger partial charge >= 0.3 is 5.97 Å². The molecule has 0 aromatic rings. The molecule has 15 heavy (non-hydrogen) atoms. The van der Waals surface area contributed by atoms with E-state index in [0.29, 0.717) is 0 Å². The quantitative estimate of drug-likeness (QED) is 0.569. The molecule has 0 aromatic carbocycles. The SMILES string of the molecule is CCCC(NCCCCCSC)C(=O)O. The molecule has 4 heteroatoms. The van der Waals surface area contributed by atoms with Crippen molar-refractivity contribution in [2.24, 2.45) is 0 Å². The molecule has 0 bridgehead atoms. The Kier molecular flexibility index (Phi) is 10.2. The molecule has 0 spiro atoms. The van der Waals surface area contributed by atoms with Crippen LogP contribution in [0.25, 0.3) is 0 Å². The van der Waals surface area contributed by atoms with Gasteiger partial charge in [-0.05, 0) is 37.8 Å². The molecule has 0 saturated carbocycles. The number of unbranched alkanes of at least 4 members (excludes halogenated alkanes) is 2. The third-order valence-corrected chi connectivity index (χ3v) is 2.99. The van der Waals surface area contributed by atoms with Crippen LogP contribution in [0.4, 0.5) is 0 Å². The van der Waals surface area contributed by atoms with Crippen molar-refractivity contribution in [2.75, 3.05) is 18.6 Å². The molecule has 0 amide bonds. The molecule has 1 atom stereocenters. The van der Waals surface area contributed by atoms with Gasteiger partial charge in [-0.2, -0.15) is 11.8 Å². The maximum absolute atomic E-state index is 10.8. The Morgan fingerprint density at radius 3 is 2.67 bits per heavy atom. The smallest absolute Gasteiger partial charge is 0.320 e. The number of carboxylic acid groups (broad SMARTS) is 1. The number of carboxylic acids is 1. The summed E-state index contributed by atoms with van der Waals surface area (Å²) in [6, 6.07) is -0.351. The first-order chi connectivity index (χ1) is 7.22. The van der Waals surface area contributed by atoms with Gasteiger partial charge in [-0.25, -0.2) is 0 Å². The summed E-state index contributed by atoms with van der Waals surface area (Å²) in [6.45, 7) is 2.83. The molecular formula is C11H23NO2S. The fraction of sp³-hybridized carbons (Fsp3) is 0.909. The number of rotatable bonds is 10. The fourth-order valence-electron chi connectivity index (χ4n) is 1.43. The predicted octanol–water partition coefficient (Wildman–Crippen LogP) is 2.36. The zero-order chi connectivity index (χ0) is 11.5. The largest absolute Gasteiger partial charge is 0.480 e. The molecule has 3 nitrogen and oxygen atoms in total. The van der Waals surface area contributed by atoms with Gasteiger partial charge in [0.25, 0.3) is 0 Å². The summed E-state index contributed by atoms with van der Waals surface area (Å²) in [5.41, 5.74) is 0. The average molecular weight is 233 g/mol. The minimum absolute atomic E-state index is 0.351. The zero-order valence-corrected chi connectivity index (χ0v) is 10.6. The van der Waals surface area contributed by atoms with Crippen LogP contribution < -0.4 is 5.32 Å². The highest BCUT2D eigenvalue weighted by Crippen LogP contribution is 2.02. The molecule has 0 aliphatic heterocycles. The molecule has 0 fully saturated rings. The van der Waals surface area contributed by atoms with Gasteiger partial charge in [-0.3, -0.25) is 4.79 Å². The molecule has 0 aliphatic carbocycles. The van der Waals surface area contributed by atoms with E-state index in [1.807, 2.05) is 18.7 Å². The highest BCUT2D eigenvalue weighted by atomic mass is 32.2. The van der Waals surface area contributed by atoms with Crippen LogP contribution in [0.1, 0.15) is 39.0 Å². The van der Waals surface area contributed by atoms with Crippen LogP contribution in [0.15, 0.2) is 0 Å². The highest BCUT2D eigenvalue weighted by molar-refractivity contribution is 7.98. The Balaban J connectivity index is 3.41. The van der Waals surface area contributed by atoms with Crippen LogP contribution in [-0.4, -0.2) is 35.7 Å². The van der Waals surface area contributed by atoms with E-state index in [1.165, 1.54) is 18.6 Å². The second-order valence-corrected chi connectivity index (χ2v) is 4.67. The molecule has 2 N–H and O–H groups in total. The maximum atomic E-state index is 10.8. The first-order valence-corrected chi connectivity index (χ1v) is 7.06. The van der Waals surface area contributed by atoms with E-state index in [0.717, 1.165) is 25.8 Å². The number of carbonyl (C=O) groups is 1. The van der Waals surface area contributed by atoms with Crippen LogP contribution in [0.5, 0.6) is 0 Å². The topological polar surface area (TPSA) is 49.3 Å². The third kappa shape index (κ3) is 8.75. The van der Waals surface area contributed by atoms with E-state index in [4.69, 9.17) is 5.11 Å². The van der Waals surface area contributed by atoms with E-state index in [-0.39, 0.29) is 6.04 Å². The van der Waals surface area contributed by atoms with Gasteiger partial charge < -0.3 is 10.4 Å². The number of hydrogen-bond donors (Lipinski definition) is 2. The van der Waals surface area contributed by atoms with Gasteiger partial charge in [0.05, 0.1) is 0 Å². The molecule has 1 unspecified atom stereocenters. The van der Waals surface area contributed by atoms with Crippen molar-refractivity contribution < 1.29 is 9.90 Å². The summed E-state index contributed by atoms with van der Waals surface area (Å²) in [4.78, 5) is 10.8. The summed E-state index contributed by atoms with van der Waals surface area (Å²) in [5, 5.41) is 12.0. The van der Waals surface area contributed by atoms with E-state index in [2.05, 4.69) is 11.6 Å². The Morgan fingerprint density at radius 1 is 1.40 bits per heavy atom. The maximum Gasteiger partial charge on any atom is 0.320 e. The summed E-state index contributed by atoms with van der Waals surface area (Å²) in [6.07, 6.45) is 7.24. The molecule has 0 aliphatic rings. The number of aliphatic carboxylic acids is 1. The molecule has 0 heterocycles. The van der Waals surface area contributed by atoms with Crippen molar-refractivity contribution in [2.45, 2.75) is 45.1 Å². The first-order valence-electron chi connectivity index (χ1n) is 5.67. The van der Waals surface area contributed by atoms with Gasteiger partial charge in [-0.1, -0.05) is 19.8 Å². The number of nitrogens with one attached hydrogen (secondary N) is 1. The normalized spacial score (nSPS) is 12.7. The lowest BCUT2D eigenvalue weighted by atomic mass is 10.1. The molecule has 90 valence electrons. The van der Waals surface area contributed by atoms with E-state index in [1.54, 1.807) is 0 Å². The van der Waals surface area contributed by atoms with Gasteiger partial charge in [0, 0.05) is 0 Å². The third-order valence-electron chi connectivity index (χ3n) is 2.29. The van der Waals surface area contributed by atoms with Crippen molar-refractivity contribution >= 4 is 17.7 Å². The van der Waals surface area contributed by atoms with Crippen LogP contribution >= 0.6 is 11.8 Å². The van der Waals surface area contributed by atoms with Crippen LogP contribution in [0.2, 0.25) is 0 Å². The van der Waals surface area contributed by atoms with Crippen LogP contribution in [0, 0.1) is 0 Å². The summed E-state index contributed by atoms with van der Waals surface area (Å²) in [5.74, 6) is 0.484. The highest BCUT2D eigenvalue weighted by Gasteiger charge is 2.14. The van der Waals surface area contributed by atoms with Gasteiger partial charge in [0.1, 0.15) is 6.04 Å². The Hall–Kier alpha value is -0.220. The molecule has 0 rings (SSSR count). The summed E-state index contributed by atoms with van der Waals surface area (Å²) >= 11 is 1.86. The zero-order valence-electron chi connectivity index (χ0n) is 9.79. The lowest BCUT2D eigenvalue weighted by Gasteiger charge is -2.12. The van der Waals surface area contributed by atoms with E-state index in [9.17, 15) is 4.79 Å². The number of thioether (sulfide) groups is 1. The van der Waals surface area contributed by atoms with Gasteiger partial charge in [0.2, 0.25) is 0 Å². The second-order valence-electron chi connectivity index (χ2n) is 3.69. The minimum Gasteiger partial charge on any atom is -0.480 e. The average Bonchev–Trinajstić information content (AvgIpc) is 2.21. The lowest BCUT2D eigenvalue weighted by molar-refractivity contribution is -0.139. The van der Waals surface area contributed by atoms with E-state index < -0.39 is 5.97 Å². The van der Waals surface area contributed by atoms with Gasteiger partial charge in [-0.15, -0.1) is 0 Å². The minimum atomic E-state index is -0.721. The van der Waals surface area contributed by atoms with Crippen molar-refractivity contribution in [1.82, 2.24) is 5.32 Å². The van der Waals surface area contributed by atoms with Gasteiger partial charge in [0.15, 0.2) is 0 Å².